The summed E-state index contributed by atoms with van der Waals surface area (Å²) in [7, 11) is 0. The number of phenols is 9. The molecule has 0 aliphatic carbocycles. The number of rotatable bonds is 6. The van der Waals surface area contributed by atoms with E-state index in [0.29, 0.717) is 50.4 Å². The summed E-state index contributed by atoms with van der Waals surface area (Å²) < 4.78 is 13.3. The fourth-order valence-corrected chi connectivity index (χ4v) is 7.41. The van der Waals surface area contributed by atoms with E-state index in [0.717, 1.165) is 5.56 Å². The van der Waals surface area contributed by atoms with Gasteiger partial charge in [0.25, 0.3) is 0 Å². The van der Waals surface area contributed by atoms with Crippen LogP contribution in [0.1, 0.15) is 68.6 Å². The maximum atomic E-state index is 10.7. The largest absolute Gasteiger partial charge is 0.508 e. The molecule has 0 fully saturated rings. The van der Waals surface area contributed by atoms with Crippen molar-refractivity contribution in [2.24, 2.45) is 0 Å². The number of aromatic hydroxyl groups is 9. The molecule has 0 aromatic heterocycles. The Morgan fingerprint density at radius 3 is 1.23 bits per heavy atom. The van der Waals surface area contributed by atoms with Crippen molar-refractivity contribution >= 4 is 12.2 Å². The van der Waals surface area contributed by atoms with Crippen molar-refractivity contribution in [3.63, 3.8) is 0 Å². The third-order valence-corrected chi connectivity index (χ3v) is 9.67. The predicted molar refractivity (Wildman–Crippen MR) is 193 cm³/mol. The van der Waals surface area contributed by atoms with Crippen molar-refractivity contribution in [1.82, 2.24) is 0 Å². The third kappa shape index (κ3) is 5.93. The molecule has 0 amide bonds. The van der Waals surface area contributed by atoms with Gasteiger partial charge in [-0.15, -0.1) is 0 Å². The van der Waals surface area contributed by atoms with Crippen molar-refractivity contribution in [3.8, 4) is 63.2 Å². The second-order valence-electron chi connectivity index (χ2n) is 13.1. The summed E-state index contributed by atoms with van der Waals surface area (Å²) in [6, 6.07) is 25.3. The highest BCUT2D eigenvalue weighted by Crippen LogP contribution is 2.60. The number of fused-ring (bicyclic) bond motifs is 2. The molecule has 6 aromatic carbocycles. The summed E-state index contributed by atoms with van der Waals surface area (Å²) in [4.78, 5) is 0. The van der Waals surface area contributed by atoms with Crippen molar-refractivity contribution in [2.75, 3.05) is 0 Å². The van der Waals surface area contributed by atoms with E-state index in [4.69, 9.17) is 9.47 Å². The van der Waals surface area contributed by atoms with Crippen molar-refractivity contribution in [3.05, 3.63) is 148 Å². The topological polar surface area (TPSA) is 201 Å². The van der Waals surface area contributed by atoms with Crippen molar-refractivity contribution in [2.45, 2.75) is 24.0 Å². The maximum Gasteiger partial charge on any atom is 0.157 e. The minimum Gasteiger partial charge on any atom is -0.508 e. The molecule has 266 valence electrons. The van der Waals surface area contributed by atoms with Gasteiger partial charge in [0.05, 0.1) is 11.8 Å². The second kappa shape index (κ2) is 12.6. The Kier molecular flexibility index (Phi) is 7.83. The minimum atomic E-state index is -0.853. The molecule has 8 rings (SSSR count). The molecule has 6 aromatic rings. The smallest absolute Gasteiger partial charge is 0.157 e. The predicted octanol–water partition coefficient (Wildman–Crippen LogP) is 7.74. The van der Waals surface area contributed by atoms with Gasteiger partial charge < -0.3 is 55.4 Å². The average Bonchev–Trinajstić information content (AvgIpc) is 3.68. The first-order valence-electron chi connectivity index (χ1n) is 16.5. The molecule has 2 aliphatic heterocycles. The van der Waals surface area contributed by atoms with Crippen LogP contribution in [0.4, 0.5) is 0 Å². The molecule has 11 heteroatoms. The lowest BCUT2D eigenvalue weighted by Gasteiger charge is -2.24. The highest BCUT2D eigenvalue weighted by Gasteiger charge is 2.46. The Morgan fingerprint density at radius 1 is 0.377 bits per heavy atom. The number of ether oxygens (including phenoxy) is 2. The molecule has 0 spiro atoms. The fourth-order valence-electron chi connectivity index (χ4n) is 7.41. The first kappa shape index (κ1) is 33.0. The normalized spacial score (nSPS) is 18.7. The van der Waals surface area contributed by atoms with Crippen LogP contribution >= 0.6 is 0 Å². The van der Waals surface area contributed by atoms with Crippen LogP contribution in [0, 0.1) is 0 Å². The van der Waals surface area contributed by atoms with Gasteiger partial charge in [-0.3, -0.25) is 0 Å². The molecular formula is C42H32O11. The van der Waals surface area contributed by atoms with Crippen LogP contribution in [0.2, 0.25) is 0 Å². The van der Waals surface area contributed by atoms with Gasteiger partial charge in [0.15, 0.2) is 23.0 Å². The first-order chi connectivity index (χ1) is 25.4. The summed E-state index contributed by atoms with van der Waals surface area (Å²) in [5, 5.41) is 93.9. The SMILES string of the molecule is Oc1ccc(/C=C/c2c3c(cc4c2[C@H](c2cc(O)cc(O)c2)[C@@H](c2ccc(O)c(O)c2)O4)O[C@H](c2ccc(O)c(O)c2)[C@H]3c2cc(O)cc(O)c2)cc1. The van der Waals surface area contributed by atoms with E-state index in [1.807, 2.05) is 12.2 Å². The monoisotopic (exact) mass is 712 g/mol. The van der Waals surface area contributed by atoms with E-state index in [1.165, 1.54) is 60.7 Å². The van der Waals surface area contributed by atoms with Gasteiger partial charge >= 0.3 is 0 Å². The maximum absolute atomic E-state index is 10.7. The number of hydrogen-bond acceptors (Lipinski definition) is 11. The van der Waals surface area contributed by atoms with E-state index in [-0.39, 0.29) is 51.7 Å². The molecule has 2 aliphatic rings. The Labute approximate surface area is 302 Å². The third-order valence-electron chi connectivity index (χ3n) is 9.67. The van der Waals surface area contributed by atoms with E-state index < -0.39 is 24.0 Å². The van der Waals surface area contributed by atoms with Gasteiger partial charge in [-0.1, -0.05) is 36.4 Å². The van der Waals surface area contributed by atoms with Gasteiger partial charge in [-0.25, -0.2) is 0 Å². The van der Waals surface area contributed by atoms with Crippen LogP contribution in [0.25, 0.3) is 12.2 Å². The molecule has 11 nitrogen and oxygen atoms in total. The van der Waals surface area contributed by atoms with Crippen molar-refractivity contribution < 1.29 is 55.4 Å². The molecule has 4 atom stereocenters. The van der Waals surface area contributed by atoms with E-state index >= 15 is 0 Å². The molecule has 0 saturated heterocycles. The van der Waals surface area contributed by atoms with Gasteiger partial charge in [0.1, 0.15) is 52.5 Å². The van der Waals surface area contributed by atoms with Crippen LogP contribution in [0.3, 0.4) is 0 Å². The number of benzene rings is 6. The zero-order valence-corrected chi connectivity index (χ0v) is 27.6. The van der Waals surface area contributed by atoms with Crippen LogP contribution in [-0.4, -0.2) is 46.0 Å². The van der Waals surface area contributed by atoms with Gasteiger partial charge in [-0.05, 0) is 94.0 Å². The van der Waals surface area contributed by atoms with Crippen LogP contribution in [-0.2, 0) is 0 Å². The first-order valence-corrected chi connectivity index (χ1v) is 16.5. The van der Waals surface area contributed by atoms with Gasteiger partial charge in [0, 0.05) is 29.3 Å². The minimum absolute atomic E-state index is 0.0814. The van der Waals surface area contributed by atoms with E-state index in [1.54, 1.807) is 42.5 Å². The molecule has 0 radical (unpaired) electrons. The lowest BCUT2D eigenvalue weighted by atomic mass is 9.77. The van der Waals surface area contributed by atoms with Gasteiger partial charge in [-0.2, -0.15) is 0 Å². The molecule has 53 heavy (non-hydrogen) atoms. The Balaban J connectivity index is 1.42. The standard InChI is InChI=1S/C42H32O11/c43-25-6-1-20(2-7-25)3-8-30-39-35(52-41(21-4-9-31(48)33(50)15-21)37(39)23-11-26(44)17-27(45)12-23)19-36-40(30)38(24-13-28(46)18-29(47)14-24)42(53-36)22-5-10-32(49)34(51)16-22/h1-19,37-38,41-51H/b8-3+/t37-,38-,41+,42+/m0/s1. The van der Waals surface area contributed by atoms with E-state index in [2.05, 4.69) is 0 Å². The molecular weight excluding hydrogens is 680 g/mol. The number of hydrogen-bond donors (Lipinski definition) is 9. The fraction of sp³-hybridized carbons (Fsp3) is 0.0952. The van der Waals surface area contributed by atoms with Gasteiger partial charge in [0.2, 0.25) is 0 Å². The number of phenolic OH excluding ortho intramolecular Hbond substituents is 9. The highest BCUT2D eigenvalue weighted by atomic mass is 16.5. The summed E-state index contributed by atoms with van der Waals surface area (Å²) in [6.45, 7) is 0. The lowest BCUT2D eigenvalue weighted by molar-refractivity contribution is 0.212. The molecule has 2 heterocycles. The molecule has 9 N–H and O–H groups in total. The molecule has 0 saturated carbocycles. The Hall–Kier alpha value is -7.14. The second-order valence-corrected chi connectivity index (χ2v) is 13.1. The summed E-state index contributed by atoms with van der Waals surface area (Å²) in [5.74, 6) is -2.89. The lowest BCUT2D eigenvalue weighted by Crippen LogP contribution is -2.14. The zero-order valence-electron chi connectivity index (χ0n) is 27.6. The zero-order chi connectivity index (χ0) is 37.1. The molecule has 0 bridgehead atoms. The summed E-state index contributed by atoms with van der Waals surface area (Å²) >= 11 is 0. The van der Waals surface area contributed by atoms with Crippen molar-refractivity contribution in [1.29, 1.82) is 0 Å². The average molecular weight is 713 g/mol. The van der Waals surface area contributed by atoms with Crippen LogP contribution < -0.4 is 9.47 Å². The van der Waals surface area contributed by atoms with E-state index in [9.17, 15) is 46.0 Å². The summed E-state index contributed by atoms with van der Waals surface area (Å²) in [5.41, 5.74) is 4.40. The molecule has 0 unspecified atom stereocenters. The quantitative estimate of drug-likeness (QED) is 0.0604. The Morgan fingerprint density at radius 2 is 0.811 bits per heavy atom. The Bertz CT molecular complexity index is 2260. The summed E-state index contributed by atoms with van der Waals surface area (Å²) in [6.07, 6.45) is 1.96. The van der Waals surface area contributed by atoms with Crippen LogP contribution in [0.5, 0.6) is 63.2 Å². The van der Waals surface area contributed by atoms with Crippen LogP contribution in [0.15, 0.2) is 103 Å². The highest BCUT2D eigenvalue weighted by molar-refractivity contribution is 5.80.